The Morgan fingerprint density at radius 3 is 1.44 bits per heavy atom. The van der Waals surface area contributed by atoms with E-state index in [1.54, 1.807) is 0 Å². The molecule has 0 aliphatic heterocycles. The quantitative estimate of drug-likeness (QED) is 0.0245. The Morgan fingerprint density at radius 2 is 0.935 bits per heavy atom. The molecule has 62 heavy (non-hydrogen) atoms. The molecule has 0 aliphatic carbocycles. The second-order valence-corrected chi connectivity index (χ2v) is 17.6. The van der Waals surface area contributed by atoms with Gasteiger partial charge in [-0.2, -0.15) is 0 Å². The number of carbonyl (C=O) groups is 2. The van der Waals surface area contributed by atoms with E-state index in [0.717, 1.165) is 89.9 Å². The molecule has 6 nitrogen and oxygen atoms in total. The van der Waals surface area contributed by atoms with Crippen molar-refractivity contribution in [3.63, 3.8) is 0 Å². The predicted octanol–water partition coefficient (Wildman–Crippen LogP) is 15.8. The molecule has 0 bridgehead atoms. The molecule has 0 aromatic heterocycles. The van der Waals surface area contributed by atoms with Gasteiger partial charge in [-0.15, -0.1) is 0 Å². The molecular weight excluding hydrogens is 767 g/mol. The third-order valence-corrected chi connectivity index (χ3v) is 11.5. The fourth-order valence-electron chi connectivity index (χ4n) is 7.59. The van der Waals surface area contributed by atoms with Gasteiger partial charge in [0.2, 0.25) is 5.91 Å². The summed E-state index contributed by atoms with van der Waals surface area (Å²) in [6.45, 7) is 6.34. The summed E-state index contributed by atoms with van der Waals surface area (Å²) in [5.41, 5.74) is 0. The number of allylic oxidation sites excluding steroid dienone is 12. The summed E-state index contributed by atoms with van der Waals surface area (Å²) >= 11 is 0. The average Bonchev–Trinajstić information content (AvgIpc) is 3.26. The largest absolute Gasteiger partial charge is 0.462 e. The lowest BCUT2D eigenvalue weighted by atomic mass is 10.0. The summed E-state index contributed by atoms with van der Waals surface area (Å²) in [4.78, 5) is 26.1. The highest BCUT2D eigenvalue weighted by molar-refractivity contribution is 5.77. The molecule has 0 rings (SSSR count). The van der Waals surface area contributed by atoms with Gasteiger partial charge in [0.15, 0.2) is 0 Å². The van der Waals surface area contributed by atoms with Gasteiger partial charge in [0, 0.05) is 6.42 Å². The van der Waals surface area contributed by atoms with Crippen LogP contribution in [-0.4, -0.2) is 46.9 Å². The van der Waals surface area contributed by atoms with Gasteiger partial charge in [0.1, 0.15) is 6.10 Å². The molecule has 0 fully saturated rings. The van der Waals surface area contributed by atoms with Crippen LogP contribution >= 0.6 is 0 Å². The molecule has 0 aromatic carbocycles. The Labute approximate surface area is 383 Å². The second kappa shape index (κ2) is 49.3. The summed E-state index contributed by atoms with van der Waals surface area (Å²) in [6.07, 6.45) is 62.5. The van der Waals surface area contributed by atoms with E-state index in [1.807, 2.05) is 0 Å². The molecule has 0 saturated carbocycles. The zero-order valence-electron chi connectivity index (χ0n) is 40.7. The number of amides is 1. The van der Waals surface area contributed by atoms with Gasteiger partial charge in [-0.25, -0.2) is 0 Å². The van der Waals surface area contributed by atoms with E-state index in [0.29, 0.717) is 19.3 Å². The lowest BCUT2D eigenvalue weighted by Gasteiger charge is -2.24. The van der Waals surface area contributed by atoms with E-state index in [1.165, 1.54) is 109 Å². The standard InChI is InChI=1S/C56H99NO5/c1-4-7-10-13-16-19-22-25-27-28-31-34-37-40-43-46-49-56(61)62-52(47-44-41-38-35-32-30-26-23-20-17-14-11-8-5-2)50-55(60)57-53(51-58)54(59)48-45-42-39-36-33-29-24-21-18-15-12-9-6-3/h8,11,17,20,26-28,30-31,34-35,38,52-54,58-59H,4-7,9-10,12-16,18-19,21-25,29,32-33,36-37,39-51H2,1-3H3,(H,57,60)/b11-8+,20-17+,28-27+,30-26+,34-31+,38-35+. The SMILES string of the molecule is CC/C=C/C/C=C/C/C=C/C/C=C/CCCC(CC(=O)NC(CO)C(O)CCCCCCCCCCCCCCC)OC(=O)CCCCC/C=C/C=C/CCCCCCCCC. The Morgan fingerprint density at radius 1 is 0.500 bits per heavy atom. The molecule has 0 saturated heterocycles. The van der Waals surface area contributed by atoms with Gasteiger partial charge < -0.3 is 20.3 Å². The number of aliphatic hydroxyl groups is 2. The molecular formula is C56H99NO5. The maximum atomic E-state index is 13.2. The van der Waals surface area contributed by atoms with Crippen LogP contribution in [0.5, 0.6) is 0 Å². The fourth-order valence-corrected chi connectivity index (χ4v) is 7.59. The molecule has 0 spiro atoms. The van der Waals surface area contributed by atoms with Crippen LogP contribution in [0, 0.1) is 0 Å². The first kappa shape index (κ1) is 59.3. The number of hydrogen-bond acceptors (Lipinski definition) is 5. The van der Waals surface area contributed by atoms with Crippen LogP contribution in [-0.2, 0) is 14.3 Å². The molecule has 0 heterocycles. The first-order chi connectivity index (χ1) is 30.5. The highest BCUT2D eigenvalue weighted by Crippen LogP contribution is 2.17. The first-order valence-electron chi connectivity index (χ1n) is 26.2. The summed E-state index contributed by atoms with van der Waals surface area (Å²) in [7, 11) is 0. The van der Waals surface area contributed by atoms with Crippen LogP contribution < -0.4 is 5.32 Å². The van der Waals surface area contributed by atoms with E-state index < -0.39 is 18.2 Å². The van der Waals surface area contributed by atoms with E-state index in [9.17, 15) is 19.8 Å². The van der Waals surface area contributed by atoms with E-state index in [-0.39, 0.29) is 24.9 Å². The highest BCUT2D eigenvalue weighted by atomic mass is 16.5. The minimum atomic E-state index is -0.809. The number of carbonyl (C=O) groups excluding carboxylic acids is 2. The number of unbranched alkanes of at least 4 members (excludes halogenated alkanes) is 23. The molecule has 358 valence electrons. The van der Waals surface area contributed by atoms with E-state index in [2.05, 4.69) is 99.0 Å². The van der Waals surface area contributed by atoms with Gasteiger partial charge in [0.25, 0.3) is 0 Å². The van der Waals surface area contributed by atoms with Crippen molar-refractivity contribution in [3.8, 4) is 0 Å². The Hall–Kier alpha value is -2.70. The van der Waals surface area contributed by atoms with Crippen LogP contribution in [0.2, 0.25) is 0 Å². The molecule has 0 aromatic rings. The van der Waals surface area contributed by atoms with Crippen molar-refractivity contribution in [1.82, 2.24) is 5.32 Å². The summed E-state index contributed by atoms with van der Waals surface area (Å²) in [6, 6.07) is -0.727. The minimum Gasteiger partial charge on any atom is -0.462 e. The number of rotatable bonds is 46. The van der Waals surface area contributed by atoms with E-state index >= 15 is 0 Å². The molecule has 3 unspecified atom stereocenters. The number of nitrogens with one attached hydrogen (secondary N) is 1. The predicted molar refractivity (Wildman–Crippen MR) is 268 cm³/mol. The van der Waals surface area contributed by atoms with Crippen LogP contribution in [0.4, 0.5) is 0 Å². The monoisotopic (exact) mass is 866 g/mol. The van der Waals surface area contributed by atoms with Crippen molar-refractivity contribution in [2.24, 2.45) is 0 Å². The van der Waals surface area contributed by atoms with Crippen molar-refractivity contribution in [3.05, 3.63) is 72.9 Å². The number of esters is 1. The highest BCUT2D eigenvalue weighted by Gasteiger charge is 2.24. The van der Waals surface area contributed by atoms with Gasteiger partial charge >= 0.3 is 5.97 Å². The summed E-state index contributed by atoms with van der Waals surface area (Å²) in [5.74, 6) is -0.561. The van der Waals surface area contributed by atoms with Crippen molar-refractivity contribution in [1.29, 1.82) is 0 Å². The van der Waals surface area contributed by atoms with Gasteiger partial charge in [-0.1, -0.05) is 222 Å². The first-order valence-corrected chi connectivity index (χ1v) is 26.2. The second-order valence-electron chi connectivity index (χ2n) is 17.6. The topological polar surface area (TPSA) is 95.9 Å². The number of ether oxygens (including phenoxy) is 1. The molecule has 1 amide bonds. The van der Waals surface area contributed by atoms with E-state index in [4.69, 9.17) is 4.74 Å². The molecule has 0 radical (unpaired) electrons. The lowest BCUT2D eigenvalue weighted by Crippen LogP contribution is -2.46. The average molecular weight is 866 g/mol. The zero-order valence-corrected chi connectivity index (χ0v) is 40.7. The van der Waals surface area contributed by atoms with Crippen LogP contribution in [0.15, 0.2) is 72.9 Å². The van der Waals surface area contributed by atoms with Gasteiger partial charge in [-0.3, -0.25) is 9.59 Å². The maximum absolute atomic E-state index is 13.2. The number of hydrogen-bond donors (Lipinski definition) is 3. The van der Waals surface area contributed by atoms with Crippen LogP contribution in [0.25, 0.3) is 0 Å². The Bertz CT molecular complexity index is 1150. The number of aliphatic hydroxyl groups excluding tert-OH is 2. The van der Waals surface area contributed by atoms with Crippen LogP contribution in [0.3, 0.4) is 0 Å². The van der Waals surface area contributed by atoms with Crippen LogP contribution in [0.1, 0.15) is 245 Å². The third kappa shape index (κ3) is 43.9. The zero-order chi connectivity index (χ0) is 45.2. The van der Waals surface area contributed by atoms with Gasteiger partial charge in [0.05, 0.1) is 25.2 Å². The van der Waals surface area contributed by atoms with Crippen molar-refractivity contribution >= 4 is 11.9 Å². The summed E-state index contributed by atoms with van der Waals surface area (Å²) < 4.78 is 5.89. The van der Waals surface area contributed by atoms with Gasteiger partial charge in [-0.05, 0) is 83.5 Å². The fraction of sp³-hybridized carbons (Fsp3) is 0.750. The molecule has 3 N–H and O–H groups in total. The smallest absolute Gasteiger partial charge is 0.306 e. The molecule has 6 heteroatoms. The summed E-state index contributed by atoms with van der Waals surface area (Å²) in [5, 5.41) is 23.7. The van der Waals surface area contributed by atoms with Crippen molar-refractivity contribution in [2.45, 2.75) is 264 Å². The van der Waals surface area contributed by atoms with Crippen molar-refractivity contribution < 1.29 is 24.5 Å². The molecule has 3 atom stereocenters. The molecule has 0 aliphatic rings. The minimum absolute atomic E-state index is 0.0270. The maximum Gasteiger partial charge on any atom is 0.306 e. The normalized spacial score (nSPS) is 13.8. The lowest BCUT2D eigenvalue weighted by molar-refractivity contribution is -0.151. The van der Waals surface area contributed by atoms with Crippen molar-refractivity contribution in [2.75, 3.05) is 6.61 Å². The third-order valence-electron chi connectivity index (χ3n) is 11.5. The Kier molecular flexibility index (Phi) is 47.2. The Balaban J connectivity index is 4.70.